The molecule has 0 aromatic heterocycles. The van der Waals surface area contributed by atoms with Gasteiger partial charge in [0.1, 0.15) is 0 Å². The number of nitrogens with one attached hydrogen (secondary N) is 2. The lowest BCUT2D eigenvalue weighted by atomic mass is 10.3. The van der Waals surface area contributed by atoms with Gasteiger partial charge in [-0.2, -0.15) is 5.43 Å². The second kappa shape index (κ2) is 4.30. The van der Waals surface area contributed by atoms with E-state index in [0.717, 1.165) is 30.4 Å². The van der Waals surface area contributed by atoms with Gasteiger partial charge < -0.3 is 5.73 Å². The Morgan fingerprint density at radius 3 is 2.50 bits per heavy atom. The molecule has 0 saturated heterocycles. The molecule has 16 heavy (non-hydrogen) atoms. The fraction of sp³-hybridized carbons (Fsp3) is 0.364. The van der Waals surface area contributed by atoms with Crippen LogP contribution in [0.25, 0.3) is 0 Å². The molecular weight excluding hydrogens is 202 g/mol. The van der Waals surface area contributed by atoms with Crippen molar-refractivity contribution in [1.82, 2.24) is 10.3 Å². The zero-order chi connectivity index (χ0) is 11.5. The fourth-order valence-electron chi connectivity index (χ4n) is 1.69. The highest BCUT2D eigenvalue weighted by atomic mass is 15.5. The number of guanidine groups is 1. The van der Waals surface area contributed by atoms with Gasteiger partial charge >= 0.3 is 5.96 Å². The van der Waals surface area contributed by atoms with Crippen LogP contribution in [0.2, 0.25) is 0 Å². The van der Waals surface area contributed by atoms with Crippen molar-refractivity contribution in [2.45, 2.75) is 0 Å². The zero-order valence-corrected chi connectivity index (χ0v) is 9.70. The van der Waals surface area contributed by atoms with Crippen LogP contribution in [0, 0.1) is 0 Å². The highest BCUT2D eigenvalue weighted by Gasteiger charge is 2.23. The molecule has 0 fully saturated rings. The third kappa shape index (κ3) is 2.18. The first-order valence-electron chi connectivity index (χ1n) is 5.33. The summed E-state index contributed by atoms with van der Waals surface area (Å²) < 4.78 is 2.17. The summed E-state index contributed by atoms with van der Waals surface area (Å²) in [5.74, 6) is 1.08. The molecule has 0 unspecified atom stereocenters. The maximum Gasteiger partial charge on any atom is 0.369 e. The van der Waals surface area contributed by atoms with E-state index >= 15 is 0 Å². The van der Waals surface area contributed by atoms with Gasteiger partial charge in [0, 0.05) is 5.69 Å². The number of nitrogens with zero attached hydrogens (tertiary/aromatic N) is 2. The molecule has 1 heterocycles. The Balaban J connectivity index is 1.97. The lowest BCUT2D eigenvalue weighted by molar-refractivity contribution is -0.488. The van der Waals surface area contributed by atoms with Crippen molar-refractivity contribution in [3.63, 3.8) is 0 Å². The van der Waals surface area contributed by atoms with Crippen LogP contribution >= 0.6 is 0 Å². The fourth-order valence-corrected chi connectivity index (χ4v) is 1.69. The summed E-state index contributed by atoms with van der Waals surface area (Å²) in [5, 5.41) is 0. The lowest BCUT2D eigenvalue weighted by Gasteiger charge is -2.10. The number of nitrogen functional groups attached to an aromatic ring is 1. The topological polar surface area (TPSA) is 56.3 Å². The number of hydrazine groups is 1. The van der Waals surface area contributed by atoms with Gasteiger partial charge in [0.15, 0.2) is 0 Å². The predicted octanol–water partition coefficient (Wildman–Crippen LogP) is 0.129. The van der Waals surface area contributed by atoms with Crippen LogP contribution in [0.4, 0.5) is 11.4 Å². The Morgan fingerprint density at radius 1 is 1.25 bits per heavy atom. The maximum absolute atomic E-state index is 5.62. The molecule has 0 aliphatic carbocycles. The summed E-state index contributed by atoms with van der Waals surface area (Å²) in [5.41, 5.74) is 13.7. The Labute approximate surface area is 95.5 Å². The van der Waals surface area contributed by atoms with Crippen LogP contribution < -0.4 is 16.6 Å². The number of rotatable bonds is 2. The van der Waals surface area contributed by atoms with Gasteiger partial charge in [-0.05, 0) is 24.3 Å². The molecule has 5 heteroatoms. The molecular formula is C11H18N5+. The largest absolute Gasteiger partial charge is 0.399 e. The smallest absolute Gasteiger partial charge is 0.369 e. The van der Waals surface area contributed by atoms with Crippen LogP contribution in [0.1, 0.15) is 0 Å². The third-order valence-corrected chi connectivity index (χ3v) is 2.72. The van der Waals surface area contributed by atoms with E-state index in [9.17, 15) is 0 Å². The summed E-state index contributed by atoms with van der Waals surface area (Å²) in [7, 11) is 4.13. The maximum atomic E-state index is 5.62. The number of hydrogen-bond donors (Lipinski definition) is 3. The molecule has 0 amide bonds. The standard InChI is InChI=1S/C11H17N5/c1-15-7-8-16(2)11(15)14-13-10-5-3-9(12)4-6-10/h3-6,13H,7-8,12H2,1-2H3/p+1. The second-order valence-electron chi connectivity index (χ2n) is 4.04. The van der Waals surface area contributed by atoms with E-state index in [1.807, 2.05) is 24.3 Å². The number of anilines is 2. The Morgan fingerprint density at radius 2 is 1.94 bits per heavy atom. The summed E-state index contributed by atoms with van der Waals surface area (Å²) >= 11 is 0. The van der Waals surface area contributed by atoms with Crippen LogP contribution in [0.5, 0.6) is 0 Å². The Hall–Kier alpha value is -1.91. The van der Waals surface area contributed by atoms with Gasteiger partial charge in [-0.3, -0.25) is 14.9 Å². The van der Waals surface area contributed by atoms with Crippen molar-refractivity contribution in [3.05, 3.63) is 24.3 Å². The summed E-state index contributed by atoms with van der Waals surface area (Å²) in [6, 6.07) is 7.63. The Kier molecular flexibility index (Phi) is 2.85. The number of nitrogens with two attached hydrogens (primary N) is 1. The van der Waals surface area contributed by atoms with E-state index in [1.165, 1.54) is 0 Å². The molecule has 0 radical (unpaired) electrons. The van der Waals surface area contributed by atoms with Crippen LogP contribution in [-0.2, 0) is 0 Å². The number of benzene rings is 1. The van der Waals surface area contributed by atoms with Crippen molar-refractivity contribution in [2.75, 3.05) is 38.3 Å². The van der Waals surface area contributed by atoms with Gasteiger partial charge in [-0.25, -0.2) is 0 Å². The lowest BCUT2D eigenvalue weighted by Crippen LogP contribution is -2.41. The molecule has 2 rings (SSSR count). The van der Waals surface area contributed by atoms with E-state index in [1.54, 1.807) is 0 Å². The minimum atomic E-state index is 0.772. The summed E-state index contributed by atoms with van der Waals surface area (Å²) in [6.45, 7) is 2.09. The molecule has 1 aliphatic rings. The van der Waals surface area contributed by atoms with E-state index in [2.05, 4.69) is 34.4 Å². The van der Waals surface area contributed by atoms with Gasteiger partial charge in [-0.1, -0.05) is 0 Å². The van der Waals surface area contributed by atoms with Crippen LogP contribution in [0.15, 0.2) is 24.3 Å². The summed E-state index contributed by atoms with van der Waals surface area (Å²) in [4.78, 5) is 2.17. The van der Waals surface area contributed by atoms with Gasteiger partial charge in [-0.15, -0.1) is 0 Å². The molecule has 4 N–H and O–H groups in total. The molecule has 1 aromatic carbocycles. The highest BCUT2D eigenvalue weighted by molar-refractivity contribution is 5.77. The molecule has 1 aliphatic heterocycles. The van der Waals surface area contributed by atoms with Gasteiger partial charge in [0.2, 0.25) is 0 Å². The number of hydrogen-bond acceptors (Lipinski definition) is 4. The van der Waals surface area contributed by atoms with Gasteiger partial charge in [0.25, 0.3) is 0 Å². The third-order valence-electron chi connectivity index (χ3n) is 2.72. The average molecular weight is 220 g/mol. The van der Waals surface area contributed by atoms with Crippen LogP contribution in [-0.4, -0.2) is 42.6 Å². The first kappa shape index (κ1) is 10.6. The Bertz CT molecular complexity index is 395. The molecule has 1 aromatic rings. The van der Waals surface area contributed by atoms with Crippen molar-refractivity contribution in [1.29, 1.82) is 0 Å². The van der Waals surface area contributed by atoms with Crippen LogP contribution in [0.3, 0.4) is 0 Å². The highest BCUT2D eigenvalue weighted by Crippen LogP contribution is 2.09. The molecule has 86 valence electrons. The molecule has 0 bridgehead atoms. The van der Waals surface area contributed by atoms with Crippen molar-refractivity contribution in [2.24, 2.45) is 0 Å². The quantitative estimate of drug-likeness (QED) is 0.377. The molecule has 0 atom stereocenters. The monoisotopic (exact) mass is 220 g/mol. The molecule has 0 spiro atoms. The van der Waals surface area contributed by atoms with E-state index in [0.29, 0.717) is 0 Å². The van der Waals surface area contributed by atoms with Crippen molar-refractivity contribution >= 4 is 17.3 Å². The second-order valence-corrected chi connectivity index (χ2v) is 4.04. The molecule has 0 saturated carbocycles. The zero-order valence-electron chi connectivity index (χ0n) is 9.70. The average Bonchev–Trinajstić information content (AvgIpc) is 2.59. The minimum Gasteiger partial charge on any atom is -0.399 e. The van der Waals surface area contributed by atoms with E-state index in [4.69, 9.17) is 5.73 Å². The van der Waals surface area contributed by atoms with Crippen molar-refractivity contribution < 1.29 is 4.58 Å². The SMILES string of the molecule is CN1CC[N+](C)=C1NNc1ccc(N)cc1. The first-order chi connectivity index (χ1) is 7.66. The summed E-state index contributed by atoms with van der Waals surface area (Å²) in [6.07, 6.45) is 0. The normalized spacial score (nSPS) is 15.5. The first-order valence-corrected chi connectivity index (χ1v) is 5.33. The predicted molar refractivity (Wildman–Crippen MR) is 66.3 cm³/mol. The minimum absolute atomic E-state index is 0.772. The van der Waals surface area contributed by atoms with Crippen molar-refractivity contribution in [3.8, 4) is 0 Å². The van der Waals surface area contributed by atoms with E-state index < -0.39 is 0 Å². The molecule has 5 nitrogen and oxygen atoms in total. The van der Waals surface area contributed by atoms with Gasteiger partial charge in [0.05, 0.1) is 32.9 Å². The van der Waals surface area contributed by atoms with E-state index in [-0.39, 0.29) is 0 Å². The number of likely N-dealkylation sites (N-methyl/N-ethyl adjacent to an activating group) is 2.